The van der Waals surface area contributed by atoms with Crippen LogP contribution in [0, 0.1) is 0 Å². The molecule has 0 spiro atoms. The number of hydrogen-bond acceptors (Lipinski definition) is 2. The molecule has 0 unspecified atom stereocenters. The van der Waals surface area contributed by atoms with Gasteiger partial charge in [0.25, 0.3) is 0 Å². The topological polar surface area (TPSA) is 82.2 Å². The van der Waals surface area contributed by atoms with Gasteiger partial charge in [0.05, 0.1) is 11.3 Å². The molecule has 0 fully saturated rings. The molecule has 2 aromatic rings. The van der Waals surface area contributed by atoms with E-state index in [-0.39, 0.29) is 11.5 Å². The monoisotopic (exact) mass is 218 g/mol. The van der Waals surface area contributed by atoms with Gasteiger partial charge < -0.3 is 15.4 Å². The number of carbonyl (C=O) groups excluding carboxylic acids is 1. The fourth-order valence-electron chi connectivity index (χ4n) is 1.57. The van der Waals surface area contributed by atoms with Crippen molar-refractivity contribution in [1.29, 1.82) is 0 Å². The van der Waals surface area contributed by atoms with Crippen molar-refractivity contribution in [2.45, 2.75) is 6.92 Å². The van der Waals surface area contributed by atoms with Crippen LogP contribution in [-0.2, 0) is 4.79 Å². The molecule has 2 rings (SSSR count). The Morgan fingerprint density at radius 3 is 2.75 bits per heavy atom. The van der Waals surface area contributed by atoms with Gasteiger partial charge in [0.2, 0.25) is 5.91 Å². The van der Waals surface area contributed by atoms with E-state index in [9.17, 15) is 9.59 Å². The summed E-state index contributed by atoms with van der Waals surface area (Å²) in [7, 11) is 0. The van der Waals surface area contributed by atoms with Crippen LogP contribution in [0.3, 0.4) is 0 Å². The lowest BCUT2D eigenvalue weighted by Crippen LogP contribution is -2.10. The number of carbonyl (C=O) groups is 2. The fourth-order valence-corrected chi connectivity index (χ4v) is 1.57. The smallest absolute Gasteiger partial charge is 0.337 e. The zero-order chi connectivity index (χ0) is 11.7. The predicted molar refractivity (Wildman–Crippen MR) is 59.6 cm³/mol. The Morgan fingerprint density at radius 1 is 1.38 bits per heavy atom. The predicted octanol–water partition coefficient (Wildman–Crippen LogP) is 1.82. The number of carboxylic acids is 1. The highest BCUT2D eigenvalue weighted by atomic mass is 16.4. The van der Waals surface area contributed by atoms with E-state index in [4.69, 9.17) is 5.11 Å². The summed E-state index contributed by atoms with van der Waals surface area (Å²) in [6.07, 6.45) is 1.72. The second-order valence-electron chi connectivity index (χ2n) is 3.45. The first-order valence-electron chi connectivity index (χ1n) is 4.70. The number of fused-ring (bicyclic) bond motifs is 1. The van der Waals surface area contributed by atoms with Gasteiger partial charge in [0.1, 0.15) is 0 Å². The first-order chi connectivity index (χ1) is 7.58. The molecule has 82 valence electrons. The average molecular weight is 218 g/mol. The average Bonchev–Trinajstić information content (AvgIpc) is 2.62. The summed E-state index contributed by atoms with van der Waals surface area (Å²) in [5.74, 6) is -1.36. The largest absolute Gasteiger partial charge is 0.478 e. The molecule has 0 aliphatic rings. The Balaban J connectivity index is 2.62. The summed E-state index contributed by atoms with van der Waals surface area (Å²) in [6, 6.07) is 4.95. The van der Waals surface area contributed by atoms with Crippen LogP contribution in [0.25, 0.3) is 10.9 Å². The van der Waals surface area contributed by atoms with Crippen molar-refractivity contribution >= 4 is 28.5 Å². The molecule has 0 saturated heterocycles. The molecule has 3 N–H and O–H groups in total. The summed E-state index contributed by atoms with van der Waals surface area (Å²) in [5, 5.41) is 12.4. The number of anilines is 1. The highest BCUT2D eigenvalue weighted by Gasteiger charge is 2.12. The lowest BCUT2D eigenvalue weighted by molar-refractivity contribution is -0.114. The quantitative estimate of drug-likeness (QED) is 0.719. The van der Waals surface area contributed by atoms with Crippen molar-refractivity contribution in [3.63, 3.8) is 0 Å². The normalized spacial score (nSPS) is 10.3. The standard InChI is InChI=1S/C11H10N2O3/c1-6(14)13-10-4-7-2-3-12-9(7)5-8(10)11(15)16/h2-5,12H,1H3,(H,13,14)(H,15,16). The van der Waals surface area contributed by atoms with Crippen molar-refractivity contribution < 1.29 is 14.7 Å². The molecule has 1 amide bonds. The molecular formula is C11H10N2O3. The van der Waals surface area contributed by atoms with Crippen molar-refractivity contribution in [2.75, 3.05) is 5.32 Å². The highest BCUT2D eigenvalue weighted by molar-refractivity contribution is 6.04. The summed E-state index contributed by atoms with van der Waals surface area (Å²) in [4.78, 5) is 24.9. The molecule has 1 aromatic heterocycles. The number of carboxylic acid groups (broad SMARTS) is 1. The Kier molecular flexibility index (Phi) is 2.36. The van der Waals surface area contributed by atoms with Crippen LogP contribution in [0.1, 0.15) is 17.3 Å². The minimum Gasteiger partial charge on any atom is -0.478 e. The maximum absolute atomic E-state index is 11.0. The van der Waals surface area contributed by atoms with Gasteiger partial charge in [0.15, 0.2) is 0 Å². The van der Waals surface area contributed by atoms with E-state index in [1.165, 1.54) is 13.0 Å². The summed E-state index contributed by atoms with van der Waals surface area (Å²) < 4.78 is 0. The third-order valence-corrected chi connectivity index (χ3v) is 2.23. The highest BCUT2D eigenvalue weighted by Crippen LogP contribution is 2.23. The summed E-state index contributed by atoms with van der Waals surface area (Å²) in [5.41, 5.74) is 1.11. The fraction of sp³-hybridized carbons (Fsp3) is 0.0909. The number of amides is 1. The first kappa shape index (κ1) is 10.2. The molecule has 0 atom stereocenters. The Bertz CT molecular complexity index is 572. The summed E-state index contributed by atoms with van der Waals surface area (Å²) in [6.45, 7) is 1.34. The molecule has 0 aliphatic heterocycles. The number of hydrogen-bond donors (Lipinski definition) is 3. The number of aromatic nitrogens is 1. The lowest BCUT2D eigenvalue weighted by Gasteiger charge is -2.06. The molecule has 0 aliphatic carbocycles. The van der Waals surface area contributed by atoms with E-state index in [0.29, 0.717) is 5.69 Å². The van der Waals surface area contributed by atoms with Gasteiger partial charge in [-0.1, -0.05) is 0 Å². The second kappa shape index (κ2) is 3.69. The van der Waals surface area contributed by atoms with Crippen LogP contribution >= 0.6 is 0 Å². The minimum absolute atomic E-state index is 0.0742. The van der Waals surface area contributed by atoms with E-state index in [1.54, 1.807) is 12.3 Å². The zero-order valence-corrected chi connectivity index (χ0v) is 8.57. The van der Waals surface area contributed by atoms with Gasteiger partial charge in [-0.25, -0.2) is 4.79 Å². The molecule has 1 heterocycles. The van der Waals surface area contributed by atoms with Crippen LogP contribution in [0.4, 0.5) is 5.69 Å². The number of rotatable bonds is 2. The van der Waals surface area contributed by atoms with Crippen LogP contribution in [0.5, 0.6) is 0 Å². The number of benzene rings is 1. The van der Waals surface area contributed by atoms with Crippen molar-refractivity contribution in [3.05, 3.63) is 30.0 Å². The van der Waals surface area contributed by atoms with Crippen molar-refractivity contribution in [2.24, 2.45) is 0 Å². The van der Waals surface area contributed by atoms with E-state index < -0.39 is 5.97 Å². The van der Waals surface area contributed by atoms with Gasteiger partial charge >= 0.3 is 5.97 Å². The van der Waals surface area contributed by atoms with Crippen molar-refractivity contribution in [1.82, 2.24) is 4.98 Å². The Morgan fingerprint density at radius 2 is 2.12 bits per heavy atom. The van der Waals surface area contributed by atoms with Gasteiger partial charge in [-0.3, -0.25) is 4.79 Å². The number of H-pyrrole nitrogens is 1. The molecule has 16 heavy (non-hydrogen) atoms. The minimum atomic E-state index is -1.07. The van der Waals surface area contributed by atoms with Gasteiger partial charge in [-0.2, -0.15) is 0 Å². The van der Waals surface area contributed by atoms with Crippen LogP contribution < -0.4 is 5.32 Å². The van der Waals surface area contributed by atoms with Crippen molar-refractivity contribution in [3.8, 4) is 0 Å². The number of nitrogens with one attached hydrogen (secondary N) is 2. The van der Waals surface area contributed by atoms with Crippen LogP contribution in [0.15, 0.2) is 24.4 Å². The number of aromatic carboxylic acids is 1. The van der Waals surface area contributed by atoms with E-state index in [2.05, 4.69) is 10.3 Å². The van der Waals surface area contributed by atoms with Gasteiger partial charge in [0, 0.05) is 24.0 Å². The molecule has 5 heteroatoms. The SMILES string of the molecule is CC(=O)Nc1cc2cc[nH]c2cc1C(=O)O. The molecule has 0 bridgehead atoms. The summed E-state index contributed by atoms with van der Waals surface area (Å²) >= 11 is 0. The first-order valence-corrected chi connectivity index (χ1v) is 4.70. The van der Waals surface area contributed by atoms with Crippen LogP contribution in [-0.4, -0.2) is 22.0 Å². The van der Waals surface area contributed by atoms with E-state index in [0.717, 1.165) is 10.9 Å². The lowest BCUT2D eigenvalue weighted by atomic mass is 10.1. The Labute approximate surface area is 91.1 Å². The van der Waals surface area contributed by atoms with Crippen LogP contribution in [0.2, 0.25) is 0 Å². The molecule has 1 aromatic carbocycles. The van der Waals surface area contributed by atoms with E-state index in [1.807, 2.05) is 6.07 Å². The van der Waals surface area contributed by atoms with Gasteiger partial charge in [-0.05, 0) is 18.2 Å². The maximum Gasteiger partial charge on any atom is 0.337 e. The second-order valence-corrected chi connectivity index (χ2v) is 3.45. The Hall–Kier alpha value is -2.30. The molecular weight excluding hydrogens is 208 g/mol. The molecule has 0 radical (unpaired) electrons. The third kappa shape index (κ3) is 1.75. The third-order valence-electron chi connectivity index (χ3n) is 2.23. The van der Waals surface area contributed by atoms with E-state index >= 15 is 0 Å². The maximum atomic E-state index is 11.0. The van der Waals surface area contributed by atoms with Gasteiger partial charge in [-0.15, -0.1) is 0 Å². The molecule has 5 nitrogen and oxygen atoms in total. The zero-order valence-electron chi connectivity index (χ0n) is 8.57. The number of aromatic amines is 1. The molecule has 0 saturated carbocycles.